The zero-order chi connectivity index (χ0) is 20.0. The van der Waals surface area contributed by atoms with E-state index in [0.29, 0.717) is 11.1 Å². The Labute approximate surface area is 166 Å². The molecule has 0 aliphatic carbocycles. The molecule has 6 nitrogen and oxygen atoms in total. The lowest BCUT2D eigenvalue weighted by atomic mass is 10.1. The van der Waals surface area contributed by atoms with Crippen LogP contribution in [0.25, 0.3) is 0 Å². The monoisotopic (exact) mass is 407 g/mol. The average Bonchev–Trinajstić information content (AvgIpc) is 2.98. The smallest absolute Gasteiger partial charge is 0.348 e. The van der Waals surface area contributed by atoms with Crippen molar-refractivity contribution in [3.8, 4) is 0 Å². The van der Waals surface area contributed by atoms with Gasteiger partial charge in [-0.05, 0) is 44.7 Å². The van der Waals surface area contributed by atoms with Crippen molar-refractivity contribution >= 4 is 45.9 Å². The molecule has 1 heterocycles. The number of hydrogen-bond donors (Lipinski definition) is 1. The molecule has 0 aliphatic heterocycles. The van der Waals surface area contributed by atoms with Crippen LogP contribution in [0.5, 0.6) is 0 Å². The number of ether oxygens (including phenoxy) is 2. The third kappa shape index (κ3) is 4.70. The summed E-state index contributed by atoms with van der Waals surface area (Å²) < 4.78 is 10.1. The normalized spacial score (nSPS) is 10.4. The number of rotatable bonds is 7. The fourth-order valence-electron chi connectivity index (χ4n) is 2.44. The number of thioether (sulfide) groups is 1. The third-order valence-electron chi connectivity index (χ3n) is 3.67. The van der Waals surface area contributed by atoms with Gasteiger partial charge in [0.05, 0.1) is 24.3 Å². The SMILES string of the molecule is CCOC(=O)c1sc(NC(=O)c2ccccc2SC)c(C(=O)OCC)c1C. The summed E-state index contributed by atoms with van der Waals surface area (Å²) in [6.07, 6.45) is 1.88. The molecule has 0 aliphatic rings. The highest BCUT2D eigenvalue weighted by molar-refractivity contribution is 7.98. The summed E-state index contributed by atoms with van der Waals surface area (Å²) in [5.74, 6) is -1.48. The highest BCUT2D eigenvalue weighted by atomic mass is 32.2. The summed E-state index contributed by atoms with van der Waals surface area (Å²) >= 11 is 2.46. The molecule has 144 valence electrons. The molecule has 0 bridgehead atoms. The number of hydrogen-bond acceptors (Lipinski definition) is 7. The molecular formula is C19H21NO5S2. The van der Waals surface area contributed by atoms with Crippen LogP contribution in [0.3, 0.4) is 0 Å². The summed E-state index contributed by atoms with van der Waals surface area (Å²) in [6.45, 7) is 5.44. The Morgan fingerprint density at radius 3 is 2.33 bits per heavy atom. The number of esters is 2. The molecule has 1 N–H and O–H groups in total. The van der Waals surface area contributed by atoms with E-state index in [0.717, 1.165) is 16.2 Å². The Balaban J connectivity index is 2.45. The third-order valence-corrected chi connectivity index (χ3v) is 5.65. The van der Waals surface area contributed by atoms with Gasteiger partial charge < -0.3 is 14.8 Å². The molecule has 2 aromatic rings. The molecule has 0 atom stereocenters. The maximum absolute atomic E-state index is 12.8. The first-order valence-corrected chi connectivity index (χ1v) is 10.4. The van der Waals surface area contributed by atoms with Crippen LogP contribution in [0, 0.1) is 6.92 Å². The second-order valence-corrected chi connectivity index (χ2v) is 7.22. The molecule has 0 fully saturated rings. The lowest BCUT2D eigenvalue weighted by Gasteiger charge is -2.09. The largest absolute Gasteiger partial charge is 0.462 e. The molecule has 8 heteroatoms. The quantitative estimate of drug-likeness (QED) is 0.542. The van der Waals surface area contributed by atoms with Crippen molar-refractivity contribution in [2.75, 3.05) is 24.8 Å². The van der Waals surface area contributed by atoms with E-state index >= 15 is 0 Å². The van der Waals surface area contributed by atoms with Crippen molar-refractivity contribution < 1.29 is 23.9 Å². The van der Waals surface area contributed by atoms with Gasteiger partial charge >= 0.3 is 11.9 Å². The van der Waals surface area contributed by atoms with Crippen LogP contribution in [0.2, 0.25) is 0 Å². The molecule has 27 heavy (non-hydrogen) atoms. The van der Waals surface area contributed by atoms with E-state index in [4.69, 9.17) is 9.47 Å². The predicted octanol–water partition coefficient (Wildman–Crippen LogP) is 4.38. The zero-order valence-electron chi connectivity index (χ0n) is 15.6. The Bertz CT molecular complexity index is 860. The van der Waals surface area contributed by atoms with Crippen LogP contribution in [-0.4, -0.2) is 37.3 Å². The first-order valence-electron chi connectivity index (χ1n) is 8.36. The van der Waals surface area contributed by atoms with Crippen LogP contribution in [-0.2, 0) is 9.47 Å². The van der Waals surface area contributed by atoms with Gasteiger partial charge in [-0.1, -0.05) is 12.1 Å². The average molecular weight is 408 g/mol. The van der Waals surface area contributed by atoms with Gasteiger partial charge in [0.15, 0.2) is 0 Å². The Morgan fingerprint density at radius 2 is 1.70 bits per heavy atom. The van der Waals surface area contributed by atoms with E-state index in [9.17, 15) is 14.4 Å². The molecule has 0 spiro atoms. The van der Waals surface area contributed by atoms with E-state index in [1.54, 1.807) is 32.9 Å². The van der Waals surface area contributed by atoms with Gasteiger partial charge in [-0.25, -0.2) is 9.59 Å². The van der Waals surface area contributed by atoms with Crippen LogP contribution < -0.4 is 5.32 Å². The van der Waals surface area contributed by atoms with Gasteiger partial charge in [-0.3, -0.25) is 4.79 Å². The van der Waals surface area contributed by atoms with E-state index in [-0.39, 0.29) is 34.6 Å². The van der Waals surface area contributed by atoms with E-state index in [1.165, 1.54) is 11.8 Å². The number of nitrogens with one attached hydrogen (secondary N) is 1. The second kappa shape index (κ2) is 9.57. The van der Waals surface area contributed by atoms with Crippen LogP contribution >= 0.6 is 23.1 Å². The predicted molar refractivity (Wildman–Crippen MR) is 107 cm³/mol. The molecule has 2 rings (SSSR count). The number of amides is 1. The van der Waals surface area contributed by atoms with Gasteiger partial charge in [-0.15, -0.1) is 23.1 Å². The summed E-state index contributed by atoms with van der Waals surface area (Å²) in [7, 11) is 0. The standard InChI is InChI=1S/C19H21NO5S2/c1-5-24-18(22)14-11(3)15(19(23)25-6-2)27-17(14)20-16(21)12-9-7-8-10-13(12)26-4/h7-10H,5-6H2,1-4H3,(H,20,21). The molecular weight excluding hydrogens is 386 g/mol. The molecule has 1 aromatic heterocycles. The molecule has 0 saturated carbocycles. The van der Waals surface area contributed by atoms with E-state index in [1.807, 2.05) is 18.4 Å². The van der Waals surface area contributed by atoms with Crippen molar-refractivity contribution in [3.63, 3.8) is 0 Å². The lowest BCUT2D eigenvalue weighted by molar-refractivity contribution is 0.0527. The molecule has 0 unspecified atom stereocenters. The van der Waals surface area contributed by atoms with E-state index in [2.05, 4.69) is 5.32 Å². The van der Waals surface area contributed by atoms with Crippen LogP contribution in [0.1, 0.15) is 49.8 Å². The summed E-state index contributed by atoms with van der Waals surface area (Å²) in [5, 5.41) is 3.03. The first kappa shape index (κ1) is 21.0. The maximum Gasteiger partial charge on any atom is 0.348 e. The molecule has 0 saturated heterocycles. The van der Waals surface area contributed by atoms with Gasteiger partial charge in [-0.2, -0.15) is 0 Å². The fraction of sp³-hybridized carbons (Fsp3) is 0.316. The topological polar surface area (TPSA) is 81.7 Å². The van der Waals surface area contributed by atoms with Gasteiger partial charge in [0.2, 0.25) is 0 Å². The number of carbonyl (C=O) groups excluding carboxylic acids is 3. The molecule has 1 aromatic carbocycles. The number of thiophene rings is 1. The minimum Gasteiger partial charge on any atom is -0.462 e. The van der Waals surface area contributed by atoms with Crippen LogP contribution in [0.4, 0.5) is 5.00 Å². The maximum atomic E-state index is 12.8. The van der Waals surface area contributed by atoms with Gasteiger partial charge in [0.1, 0.15) is 9.88 Å². The first-order chi connectivity index (χ1) is 12.9. The minimum atomic E-state index is -0.588. The molecule has 1 amide bonds. The summed E-state index contributed by atoms with van der Waals surface area (Å²) in [4.78, 5) is 38.4. The number of carbonyl (C=O) groups is 3. The van der Waals surface area contributed by atoms with Crippen molar-refractivity contribution in [2.24, 2.45) is 0 Å². The van der Waals surface area contributed by atoms with Crippen molar-refractivity contribution in [1.29, 1.82) is 0 Å². The highest BCUT2D eigenvalue weighted by Crippen LogP contribution is 2.35. The Morgan fingerprint density at radius 1 is 1.07 bits per heavy atom. The fourth-order valence-corrected chi connectivity index (χ4v) is 4.12. The van der Waals surface area contributed by atoms with Gasteiger partial charge in [0, 0.05) is 4.90 Å². The summed E-state index contributed by atoms with van der Waals surface area (Å²) in [6, 6.07) is 7.17. The Hall–Kier alpha value is -2.32. The van der Waals surface area contributed by atoms with E-state index < -0.39 is 11.9 Å². The van der Waals surface area contributed by atoms with Crippen LogP contribution in [0.15, 0.2) is 29.2 Å². The second-order valence-electron chi connectivity index (χ2n) is 5.36. The minimum absolute atomic E-state index is 0.180. The number of benzene rings is 1. The lowest BCUT2D eigenvalue weighted by Crippen LogP contribution is -2.15. The van der Waals surface area contributed by atoms with Crippen molar-refractivity contribution in [2.45, 2.75) is 25.7 Å². The van der Waals surface area contributed by atoms with Crippen molar-refractivity contribution in [1.82, 2.24) is 0 Å². The van der Waals surface area contributed by atoms with Gasteiger partial charge in [0.25, 0.3) is 5.91 Å². The summed E-state index contributed by atoms with van der Waals surface area (Å²) in [5.41, 5.74) is 1.11. The Kier molecular flexibility index (Phi) is 7.44. The van der Waals surface area contributed by atoms with Crippen molar-refractivity contribution in [3.05, 3.63) is 45.8 Å². The zero-order valence-corrected chi connectivity index (χ0v) is 17.2. The number of anilines is 1. The molecule has 0 radical (unpaired) electrons. The highest BCUT2D eigenvalue weighted by Gasteiger charge is 2.27.